The Bertz CT molecular complexity index is 590. The molecule has 1 N–H and O–H groups in total. The van der Waals surface area contributed by atoms with Crippen LogP contribution in [0.15, 0.2) is 36.4 Å². The fourth-order valence-corrected chi connectivity index (χ4v) is 1.78. The molecule has 19 heavy (non-hydrogen) atoms. The SMILES string of the molecule is COc1ccc(CNc2ccc(Cl)cc2F)c(F)c1. The lowest BCUT2D eigenvalue weighted by atomic mass is 10.2. The zero-order valence-corrected chi connectivity index (χ0v) is 11.0. The summed E-state index contributed by atoms with van der Waals surface area (Å²) >= 11 is 5.65. The first-order chi connectivity index (χ1) is 9.10. The van der Waals surface area contributed by atoms with Gasteiger partial charge in [-0.25, -0.2) is 8.78 Å². The molecule has 0 bridgehead atoms. The third kappa shape index (κ3) is 3.35. The van der Waals surface area contributed by atoms with Crippen LogP contribution in [-0.4, -0.2) is 7.11 Å². The molecule has 0 unspecified atom stereocenters. The predicted molar refractivity (Wildman–Crippen MR) is 71.7 cm³/mol. The molecule has 0 aliphatic heterocycles. The van der Waals surface area contributed by atoms with E-state index in [2.05, 4.69) is 5.32 Å². The highest BCUT2D eigenvalue weighted by Crippen LogP contribution is 2.21. The summed E-state index contributed by atoms with van der Waals surface area (Å²) in [5, 5.41) is 3.14. The van der Waals surface area contributed by atoms with Crippen LogP contribution in [0.3, 0.4) is 0 Å². The van der Waals surface area contributed by atoms with E-state index in [1.165, 1.54) is 25.3 Å². The summed E-state index contributed by atoms with van der Waals surface area (Å²) in [6.45, 7) is 0.175. The van der Waals surface area contributed by atoms with Gasteiger partial charge in [-0.1, -0.05) is 17.7 Å². The van der Waals surface area contributed by atoms with Crippen molar-refractivity contribution in [1.29, 1.82) is 0 Å². The van der Waals surface area contributed by atoms with Crippen LogP contribution in [0.1, 0.15) is 5.56 Å². The Morgan fingerprint density at radius 1 is 1.11 bits per heavy atom. The molecular weight excluding hydrogens is 272 g/mol. The molecule has 0 aliphatic carbocycles. The second-order valence-electron chi connectivity index (χ2n) is 3.94. The number of anilines is 1. The molecule has 0 fully saturated rings. The lowest BCUT2D eigenvalue weighted by Gasteiger charge is -2.09. The molecule has 0 atom stereocenters. The fourth-order valence-electron chi connectivity index (χ4n) is 1.62. The third-order valence-corrected chi connectivity index (χ3v) is 2.90. The van der Waals surface area contributed by atoms with Crippen molar-refractivity contribution in [3.8, 4) is 5.75 Å². The molecular formula is C14H12ClF2NO. The Balaban J connectivity index is 2.10. The van der Waals surface area contributed by atoms with E-state index in [0.717, 1.165) is 0 Å². The smallest absolute Gasteiger partial charge is 0.147 e. The fraction of sp³-hybridized carbons (Fsp3) is 0.143. The van der Waals surface area contributed by atoms with Gasteiger partial charge in [-0.15, -0.1) is 0 Å². The van der Waals surface area contributed by atoms with Crippen LogP contribution in [0.4, 0.5) is 14.5 Å². The first kappa shape index (κ1) is 13.6. The molecule has 0 saturated heterocycles. The van der Waals surface area contributed by atoms with Gasteiger partial charge in [0.1, 0.15) is 17.4 Å². The van der Waals surface area contributed by atoms with Crippen molar-refractivity contribution < 1.29 is 13.5 Å². The van der Waals surface area contributed by atoms with Crippen molar-refractivity contribution in [3.63, 3.8) is 0 Å². The minimum atomic E-state index is -0.471. The monoisotopic (exact) mass is 283 g/mol. The summed E-state index contributed by atoms with van der Waals surface area (Å²) in [6.07, 6.45) is 0. The van der Waals surface area contributed by atoms with Gasteiger partial charge in [0, 0.05) is 23.2 Å². The molecule has 100 valence electrons. The molecule has 0 aliphatic rings. The van der Waals surface area contributed by atoms with Crippen molar-refractivity contribution in [2.24, 2.45) is 0 Å². The number of methoxy groups -OCH3 is 1. The molecule has 2 nitrogen and oxygen atoms in total. The molecule has 0 amide bonds. The minimum Gasteiger partial charge on any atom is -0.497 e. The Morgan fingerprint density at radius 2 is 1.89 bits per heavy atom. The second kappa shape index (κ2) is 5.89. The molecule has 0 heterocycles. The highest BCUT2D eigenvalue weighted by molar-refractivity contribution is 6.30. The van der Waals surface area contributed by atoms with Crippen molar-refractivity contribution >= 4 is 17.3 Å². The Kier molecular flexibility index (Phi) is 4.22. The van der Waals surface area contributed by atoms with Crippen LogP contribution in [-0.2, 0) is 6.54 Å². The third-order valence-electron chi connectivity index (χ3n) is 2.66. The van der Waals surface area contributed by atoms with Gasteiger partial charge in [-0.3, -0.25) is 0 Å². The average molecular weight is 284 g/mol. The molecule has 0 aromatic heterocycles. The molecule has 2 rings (SSSR count). The number of hydrogen-bond acceptors (Lipinski definition) is 2. The van der Waals surface area contributed by atoms with E-state index in [4.69, 9.17) is 16.3 Å². The highest BCUT2D eigenvalue weighted by Gasteiger charge is 2.06. The van der Waals surface area contributed by atoms with E-state index in [1.807, 2.05) is 0 Å². The molecule has 0 radical (unpaired) electrons. The van der Waals surface area contributed by atoms with E-state index >= 15 is 0 Å². The quantitative estimate of drug-likeness (QED) is 0.906. The van der Waals surface area contributed by atoms with Crippen molar-refractivity contribution in [3.05, 3.63) is 58.6 Å². The summed E-state index contributed by atoms with van der Waals surface area (Å²) in [4.78, 5) is 0. The zero-order valence-electron chi connectivity index (χ0n) is 10.2. The van der Waals surface area contributed by atoms with Crippen LogP contribution >= 0.6 is 11.6 Å². The lowest BCUT2D eigenvalue weighted by Crippen LogP contribution is -2.03. The number of hydrogen-bond donors (Lipinski definition) is 1. The van der Waals surface area contributed by atoms with Crippen molar-refractivity contribution in [2.75, 3.05) is 12.4 Å². The number of halogens is 3. The van der Waals surface area contributed by atoms with Gasteiger partial charge >= 0.3 is 0 Å². The molecule has 0 spiro atoms. The van der Waals surface area contributed by atoms with E-state index in [9.17, 15) is 8.78 Å². The van der Waals surface area contributed by atoms with Gasteiger partial charge in [0.15, 0.2) is 0 Å². The van der Waals surface area contributed by atoms with E-state index in [1.54, 1.807) is 18.2 Å². The largest absolute Gasteiger partial charge is 0.497 e. The Hall–Kier alpha value is -1.81. The maximum Gasteiger partial charge on any atom is 0.147 e. The lowest BCUT2D eigenvalue weighted by molar-refractivity contribution is 0.411. The number of benzene rings is 2. The summed E-state index contributed by atoms with van der Waals surface area (Å²) in [7, 11) is 1.47. The second-order valence-corrected chi connectivity index (χ2v) is 4.37. The highest BCUT2D eigenvalue weighted by atomic mass is 35.5. The Labute approximate surface area is 115 Å². The van der Waals surface area contributed by atoms with E-state index in [-0.39, 0.29) is 12.2 Å². The standard InChI is InChI=1S/C14H12ClF2NO/c1-19-11-4-2-9(12(16)7-11)8-18-14-5-3-10(15)6-13(14)17/h2-7,18H,8H2,1H3. The number of rotatable bonds is 4. The van der Waals surface area contributed by atoms with Gasteiger partial charge in [0.05, 0.1) is 12.8 Å². The van der Waals surface area contributed by atoms with Gasteiger partial charge in [0.2, 0.25) is 0 Å². The van der Waals surface area contributed by atoms with Crippen LogP contribution in [0.5, 0.6) is 5.75 Å². The molecule has 0 saturated carbocycles. The topological polar surface area (TPSA) is 21.3 Å². The average Bonchev–Trinajstić information content (AvgIpc) is 2.39. The summed E-state index contributed by atoms with van der Waals surface area (Å²) < 4.78 is 32.1. The number of nitrogens with one attached hydrogen (secondary N) is 1. The van der Waals surface area contributed by atoms with Crippen LogP contribution in [0.2, 0.25) is 5.02 Å². The predicted octanol–water partition coefficient (Wildman–Crippen LogP) is 4.24. The maximum atomic E-state index is 13.7. The maximum absolute atomic E-state index is 13.7. The molecule has 2 aromatic rings. The van der Waals surface area contributed by atoms with Crippen LogP contribution in [0.25, 0.3) is 0 Å². The van der Waals surface area contributed by atoms with Gasteiger partial charge in [-0.05, 0) is 24.3 Å². The van der Waals surface area contributed by atoms with Crippen molar-refractivity contribution in [2.45, 2.75) is 6.54 Å². The van der Waals surface area contributed by atoms with Gasteiger partial charge < -0.3 is 10.1 Å². The van der Waals surface area contributed by atoms with Gasteiger partial charge in [-0.2, -0.15) is 0 Å². The first-order valence-corrected chi connectivity index (χ1v) is 5.99. The normalized spacial score (nSPS) is 10.3. The van der Waals surface area contributed by atoms with E-state index in [0.29, 0.717) is 16.3 Å². The molecule has 2 aromatic carbocycles. The minimum absolute atomic E-state index is 0.175. The summed E-state index contributed by atoms with van der Waals surface area (Å²) in [6, 6.07) is 8.81. The molecule has 5 heteroatoms. The number of ether oxygens (including phenoxy) is 1. The summed E-state index contributed by atoms with van der Waals surface area (Å²) in [5.74, 6) is -0.429. The zero-order chi connectivity index (χ0) is 13.8. The summed E-state index contributed by atoms with van der Waals surface area (Å²) in [5.41, 5.74) is 0.703. The van der Waals surface area contributed by atoms with E-state index < -0.39 is 11.6 Å². The van der Waals surface area contributed by atoms with Crippen LogP contribution < -0.4 is 10.1 Å². The van der Waals surface area contributed by atoms with Crippen LogP contribution in [0, 0.1) is 11.6 Å². The van der Waals surface area contributed by atoms with Crippen molar-refractivity contribution in [1.82, 2.24) is 0 Å². The Morgan fingerprint density at radius 3 is 2.53 bits per heavy atom. The van der Waals surface area contributed by atoms with Gasteiger partial charge in [0.25, 0.3) is 0 Å². The first-order valence-electron chi connectivity index (χ1n) is 5.61.